The zero-order valence-corrected chi connectivity index (χ0v) is 24.8. The molecule has 4 aromatic rings. The monoisotopic (exact) mass is 600 g/mol. The highest BCUT2D eigenvalue weighted by atomic mass is 32.2. The Kier molecular flexibility index (Phi) is 10.1. The molecule has 11 heteroatoms. The number of carbonyl (C=O) groups excluding carboxylic acids is 2. The molecule has 43 heavy (non-hydrogen) atoms. The van der Waals surface area contributed by atoms with Gasteiger partial charge in [-0.05, 0) is 97.8 Å². The second kappa shape index (κ2) is 14.1. The van der Waals surface area contributed by atoms with Crippen molar-refractivity contribution in [3.05, 3.63) is 114 Å². The molecule has 0 unspecified atom stereocenters. The van der Waals surface area contributed by atoms with Gasteiger partial charge in [0.05, 0.1) is 23.9 Å². The SMILES string of the molecule is COc1ccc(NC(=O)COc2ccc(/C=N\NC(=O)CN(c3cccc(C)c3)S(=O)(=O)c3ccc(C)cc3)cc2)cc1. The lowest BCUT2D eigenvalue weighted by Crippen LogP contribution is -2.39. The second-order valence-corrected chi connectivity index (χ2v) is 11.5. The highest BCUT2D eigenvalue weighted by Crippen LogP contribution is 2.25. The van der Waals surface area contributed by atoms with E-state index in [1.807, 2.05) is 19.9 Å². The van der Waals surface area contributed by atoms with Gasteiger partial charge in [-0.3, -0.25) is 13.9 Å². The average molecular weight is 601 g/mol. The lowest BCUT2D eigenvalue weighted by Gasteiger charge is -2.24. The Hall–Kier alpha value is -5.16. The molecule has 0 aliphatic rings. The van der Waals surface area contributed by atoms with Crippen molar-refractivity contribution in [2.45, 2.75) is 18.7 Å². The first-order valence-corrected chi connectivity index (χ1v) is 14.7. The maximum absolute atomic E-state index is 13.5. The van der Waals surface area contributed by atoms with Crippen molar-refractivity contribution in [2.24, 2.45) is 5.10 Å². The number of aryl methyl sites for hydroxylation is 2. The predicted molar refractivity (Wildman–Crippen MR) is 166 cm³/mol. The molecule has 0 fully saturated rings. The fourth-order valence-corrected chi connectivity index (χ4v) is 5.36. The Balaban J connectivity index is 1.33. The third-order valence-electron chi connectivity index (χ3n) is 6.21. The molecule has 0 heterocycles. The number of rotatable bonds is 12. The van der Waals surface area contributed by atoms with E-state index in [0.29, 0.717) is 28.4 Å². The van der Waals surface area contributed by atoms with E-state index in [1.165, 1.54) is 18.3 Å². The molecule has 222 valence electrons. The summed E-state index contributed by atoms with van der Waals surface area (Å²) in [5, 5.41) is 6.71. The Labute approximate surface area is 251 Å². The standard InChI is InChI=1S/C32H32N4O6S/c1-23-7-17-30(18-8-23)43(39,40)36(27-6-4-5-24(2)19-27)21-31(37)35-33-20-25-9-13-29(14-10-25)42-22-32(38)34-26-11-15-28(41-3)16-12-26/h4-20H,21-22H2,1-3H3,(H,34,38)(H,35,37)/b33-20-. The van der Waals surface area contributed by atoms with Gasteiger partial charge < -0.3 is 14.8 Å². The number of nitrogens with one attached hydrogen (secondary N) is 2. The van der Waals surface area contributed by atoms with E-state index in [9.17, 15) is 18.0 Å². The summed E-state index contributed by atoms with van der Waals surface area (Å²) in [6.07, 6.45) is 1.42. The van der Waals surface area contributed by atoms with E-state index in [1.54, 1.807) is 86.0 Å². The molecule has 2 N–H and O–H groups in total. The summed E-state index contributed by atoms with van der Waals surface area (Å²) in [7, 11) is -2.46. The molecule has 0 radical (unpaired) electrons. The van der Waals surface area contributed by atoms with Crippen molar-refractivity contribution < 1.29 is 27.5 Å². The number of nitrogens with zero attached hydrogens (tertiary/aromatic N) is 2. The van der Waals surface area contributed by atoms with Gasteiger partial charge in [0.1, 0.15) is 18.0 Å². The van der Waals surface area contributed by atoms with E-state index < -0.39 is 22.5 Å². The van der Waals surface area contributed by atoms with Gasteiger partial charge in [0.15, 0.2) is 6.61 Å². The summed E-state index contributed by atoms with van der Waals surface area (Å²) in [5.41, 5.74) is 5.81. The number of ether oxygens (including phenoxy) is 2. The summed E-state index contributed by atoms with van der Waals surface area (Å²) in [5.74, 6) is 0.229. The van der Waals surface area contributed by atoms with Gasteiger partial charge in [-0.2, -0.15) is 5.10 Å². The summed E-state index contributed by atoms with van der Waals surface area (Å²) in [6.45, 7) is 3.06. The number of methoxy groups -OCH3 is 1. The maximum Gasteiger partial charge on any atom is 0.264 e. The van der Waals surface area contributed by atoms with Gasteiger partial charge in [0.2, 0.25) is 0 Å². The lowest BCUT2D eigenvalue weighted by molar-refractivity contribution is -0.119. The summed E-state index contributed by atoms with van der Waals surface area (Å²) in [6, 6.07) is 27.1. The van der Waals surface area contributed by atoms with Crippen LogP contribution in [0.25, 0.3) is 0 Å². The minimum absolute atomic E-state index is 0.0800. The molecular formula is C32H32N4O6S. The van der Waals surface area contributed by atoms with Crippen LogP contribution in [0, 0.1) is 13.8 Å². The zero-order valence-electron chi connectivity index (χ0n) is 24.0. The predicted octanol–water partition coefficient (Wildman–Crippen LogP) is 4.68. The number of anilines is 2. The fraction of sp³-hybridized carbons (Fsp3) is 0.156. The Morgan fingerprint density at radius 2 is 1.51 bits per heavy atom. The second-order valence-electron chi connectivity index (χ2n) is 9.59. The maximum atomic E-state index is 13.5. The molecule has 4 rings (SSSR count). The van der Waals surface area contributed by atoms with Crippen LogP contribution in [0.5, 0.6) is 11.5 Å². The van der Waals surface area contributed by atoms with Gasteiger partial charge in [0.25, 0.3) is 21.8 Å². The van der Waals surface area contributed by atoms with E-state index >= 15 is 0 Å². The molecule has 4 aromatic carbocycles. The average Bonchev–Trinajstić information content (AvgIpc) is 3.00. The van der Waals surface area contributed by atoms with Crippen molar-refractivity contribution in [1.82, 2.24) is 5.43 Å². The lowest BCUT2D eigenvalue weighted by atomic mass is 10.2. The van der Waals surface area contributed by atoms with Crippen molar-refractivity contribution >= 4 is 39.4 Å². The molecule has 0 aliphatic heterocycles. The van der Waals surface area contributed by atoms with Crippen LogP contribution in [-0.2, 0) is 19.6 Å². The van der Waals surface area contributed by atoms with E-state index in [2.05, 4.69) is 15.8 Å². The van der Waals surface area contributed by atoms with Crippen LogP contribution in [0.3, 0.4) is 0 Å². The van der Waals surface area contributed by atoms with E-state index in [4.69, 9.17) is 9.47 Å². The van der Waals surface area contributed by atoms with Crippen molar-refractivity contribution in [3.63, 3.8) is 0 Å². The molecule has 10 nitrogen and oxygen atoms in total. The first-order valence-electron chi connectivity index (χ1n) is 13.3. The summed E-state index contributed by atoms with van der Waals surface area (Å²) >= 11 is 0. The molecule has 0 aliphatic carbocycles. The molecule has 0 aromatic heterocycles. The third-order valence-corrected chi connectivity index (χ3v) is 8.00. The molecule has 0 spiro atoms. The zero-order chi connectivity index (χ0) is 30.8. The van der Waals surface area contributed by atoms with Gasteiger partial charge in [0, 0.05) is 5.69 Å². The first-order chi connectivity index (χ1) is 20.6. The van der Waals surface area contributed by atoms with E-state index in [0.717, 1.165) is 15.4 Å². The Bertz CT molecular complexity index is 1690. The van der Waals surface area contributed by atoms with Crippen LogP contribution in [0.2, 0.25) is 0 Å². The number of sulfonamides is 1. The molecule has 0 atom stereocenters. The molecular weight excluding hydrogens is 568 g/mol. The van der Waals surface area contributed by atoms with Crippen molar-refractivity contribution in [1.29, 1.82) is 0 Å². The smallest absolute Gasteiger partial charge is 0.264 e. The number of amides is 2. The third kappa shape index (κ3) is 8.66. The number of hydrazone groups is 1. The van der Waals surface area contributed by atoms with E-state index in [-0.39, 0.29) is 17.4 Å². The number of hydrogen-bond acceptors (Lipinski definition) is 7. The largest absolute Gasteiger partial charge is 0.497 e. The van der Waals surface area contributed by atoms with Crippen LogP contribution >= 0.6 is 0 Å². The number of hydrogen-bond donors (Lipinski definition) is 2. The summed E-state index contributed by atoms with van der Waals surface area (Å²) in [4.78, 5) is 25.1. The van der Waals surface area contributed by atoms with Crippen LogP contribution in [0.1, 0.15) is 16.7 Å². The van der Waals surface area contributed by atoms with Gasteiger partial charge in [-0.1, -0.05) is 29.8 Å². The normalized spacial score (nSPS) is 11.1. The minimum atomic E-state index is -4.02. The molecule has 0 bridgehead atoms. The number of benzene rings is 4. The van der Waals surface area contributed by atoms with Gasteiger partial charge in [-0.25, -0.2) is 13.8 Å². The highest BCUT2D eigenvalue weighted by Gasteiger charge is 2.27. The Morgan fingerprint density at radius 3 is 2.16 bits per heavy atom. The van der Waals surface area contributed by atoms with Gasteiger partial charge in [-0.15, -0.1) is 0 Å². The number of carbonyl (C=O) groups is 2. The molecule has 0 saturated carbocycles. The van der Waals surface area contributed by atoms with Crippen molar-refractivity contribution in [3.8, 4) is 11.5 Å². The molecule has 2 amide bonds. The first kappa shape index (κ1) is 30.8. The fourth-order valence-electron chi connectivity index (χ4n) is 3.95. The quantitative estimate of drug-likeness (QED) is 0.180. The Morgan fingerprint density at radius 1 is 0.837 bits per heavy atom. The highest BCUT2D eigenvalue weighted by molar-refractivity contribution is 7.92. The van der Waals surface area contributed by atoms with Crippen LogP contribution < -0.4 is 24.5 Å². The van der Waals surface area contributed by atoms with Crippen LogP contribution in [-0.4, -0.2) is 46.7 Å². The van der Waals surface area contributed by atoms with Crippen LogP contribution in [0.4, 0.5) is 11.4 Å². The summed E-state index contributed by atoms with van der Waals surface area (Å²) < 4.78 is 38.7. The topological polar surface area (TPSA) is 126 Å². The van der Waals surface area contributed by atoms with Gasteiger partial charge >= 0.3 is 0 Å². The minimum Gasteiger partial charge on any atom is -0.497 e. The molecule has 0 saturated heterocycles. The van der Waals surface area contributed by atoms with Crippen molar-refractivity contribution in [2.75, 3.05) is 29.9 Å². The van der Waals surface area contributed by atoms with Crippen LogP contribution in [0.15, 0.2) is 107 Å².